The second kappa shape index (κ2) is 8.65. The maximum absolute atomic E-state index is 14.2. The van der Waals surface area contributed by atoms with Gasteiger partial charge in [-0.25, -0.2) is 17.6 Å². The third-order valence-electron chi connectivity index (χ3n) is 9.17. The molecule has 1 saturated heterocycles. The molecule has 1 aromatic heterocycles. The predicted octanol–water partition coefficient (Wildman–Crippen LogP) is 0.611. The number of β-lactam (4-membered cyclic amide) rings is 1. The summed E-state index contributed by atoms with van der Waals surface area (Å²) in [6, 6.07) is 7.84. The summed E-state index contributed by atoms with van der Waals surface area (Å²) in [6.45, 7) is 2.27. The number of aryl methyl sites for hydroxylation is 3. The van der Waals surface area contributed by atoms with Crippen LogP contribution in [-0.4, -0.2) is 53.1 Å². The van der Waals surface area contributed by atoms with Crippen LogP contribution in [0.15, 0.2) is 65.2 Å². The van der Waals surface area contributed by atoms with E-state index in [0.717, 1.165) is 17.5 Å². The molecule has 40 heavy (non-hydrogen) atoms. The predicted molar refractivity (Wildman–Crippen MR) is 142 cm³/mol. The number of carbonyl (C=O) groups excluding carboxylic acids is 2. The number of rotatable bonds is 6. The van der Waals surface area contributed by atoms with Gasteiger partial charge in [0, 0.05) is 17.7 Å². The number of benzene rings is 2. The maximum Gasteiger partial charge on any atom is 0.265 e. The molecule has 3 aromatic rings. The zero-order valence-electron chi connectivity index (χ0n) is 22.2. The highest BCUT2D eigenvalue weighted by Gasteiger charge is 2.62. The summed E-state index contributed by atoms with van der Waals surface area (Å²) in [5.41, 5.74) is 1.77. The fourth-order valence-electron chi connectivity index (χ4n) is 7.58. The van der Waals surface area contributed by atoms with Crippen LogP contribution in [0.2, 0.25) is 0 Å². The standard InChI is InChI=1S/C29H30N4O6S/c1-16(34)23-26-19-6-4-8-21(25(19)27(29(36)37)32(26)28(23)35)33-20-7-3-5-18-17(11-12-31-14-13-30(2)15-31)9-10-22(24(18)20)40(33,38)39/h3,5,7,9-10,13-16,19,21,23,26,34H,4,6,8,11-12H2,1-2H3. The Balaban J connectivity index is 1.33. The number of nitrogens with zero attached hydrogens (tertiary/aromatic N) is 4. The first kappa shape index (κ1) is 25.3. The van der Waals surface area contributed by atoms with Gasteiger partial charge in [0.25, 0.3) is 10.0 Å². The molecule has 4 heterocycles. The van der Waals surface area contributed by atoms with Crippen LogP contribution in [0.1, 0.15) is 31.7 Å². The lowest BCUT2D eigenvalue weighted by Gasteiger charge is -2.48. The number of carbonyl (C=O) groups is 2. The van der Waals surface area contributed by atoms with Crippen LogP contribution < -0.4 is 14.0 Å². The van der Waals surface area contributed by atoms with Crippen molar-refractivity contribution >= 4 is 38.4 Å². The summed E-state index contributed by atoms with van der Waals surface area (Å²) in [7, 11) is -2.04. The number of aliphatic hydroxyl groups is 1. The van der Waals surface area contributed by atoms with Crippen LogP contribution in [0, 0.1) is 11.8 Å². The van der Waals surface area contributed by atoms with Gasteiger partial charge in [-0.3, -0.25) is 9.10 Å². The van der Waals surface area contributed by atoms with Crippen molar-refractivity contribution in [2.45, 2.75) is 62.2 Å². The lowest BCUT2D eigenvalue weighted by Crippen LogP contribution is -2.64. The molecule has 1 amide bonds. The first-order valence-corrected chi connectivity index (χ1v) is 15.1. The van der Waals surface area contributed by atoms with Gasteiger partial charge < -0.3 is 19.9 Å². The maximum atomic E-state index is 14.2. The van der Waals surface area contributed by atoms with Crippen LogP contribution in [-0.2, 0) is 39.6 Å². The summed E-state index contributed by atoms with van der Waals surface area (Å²) in [5.74, 6) is -2.99. The van der Waals surface area contributed by atoms with Crippen LogP contribution >= 0.6 is 0 Å². The average molecular weight is 563 g/mol. The van der Waals surface area contributed by atoms with Crippen molar-refractivity contribution in [2.24, 2.45) is 18.9 Å². The molecule has 2 aromatic carbocycles. The zero-order chi connectivity index (χ0) is 28.1. The van der Waals surface area contributed by atoms with Gasteiger partial charge in [0.15, 0.2) is 0 Å². The number of aromatic nitrogens is 2. The quantitative estimate of drug-likeness (QED) is 0.347. The lowest BCUT2D eigenvalue weighted by molar-refractivity contribution is -0.671. The van der Waals surface area contributed by atoms with Crippen molar-refractivity contribution in [3.63, 3.8) is 0 Å². The molecule has 2 fully saturated rings. The highest BCUT2D eigenvalue weighted by atomic mass is 32.2. The number of amides is 1. The second-order valence-corrected chi connectivity index (χ2v) is 13.2. The van der Waals surface area contributed by atoms with Crippen LogP contribution in [0.3, 0.4) is 0 Å². The summed E-state index contributed by atoms with van der Waals surface area (Å²) >= 11 is 0. The van der Waals surface area contributed by atoms with Crippen molar-refractivity contribution in [3.05, 3.63) is 65.9 Å². The van der Waals surface area contributed by atoms with Gasteiger partial charge in [-0.1, -0.05) is 24.6 Å². The van der Waals surface area contributed by atoms with Crippen molar-refractivity contribution in [1.82, 2.24) is 9.47 Å². The molecule has 10 nitrogen and oxygen atoms in total. The van der Waals surface area contributed by atoms with E-state index in [1.165, 1.54) is 16.1 Å². The summed E-state index contributed by atoms with van der Waals surface area (Å²) in [6.07, 6.45) is 7.44. The number of aliphatic hydroxyl groups excluding tert-OH is 1. The van der Waals surface area contributed by atoms with Gasteiger partial charge in [-0.2, -0.15) is 0 Å². The molecule has 11 heteroatoms. The van der Waals surface area contributed by atoms with Gasteiger partial charge in [0.2, 0.25) is 12.2 Å². The fraction of sp³-hybridized carbons (Fsp3) is 0.414. The number of imidazole rings is 1. The van der Waals surface area contributed by atoms with Crippen molar-refractivity contribution in [3.8, 4) is 0 Å². The number of anilines is 1. The van der Waals surface area contributed by atoms with Gasteiger partial charge in [-0.15, -0.1) is 0 Å². The van der Waals surface area contributed by atoms with Crippen molar-refractivity contribution in [1.29, 1.82) is 0 Å². The molecule has 0 bridgehead atoms. The number of sulfonamides is 1. The molecule has 5 atom stereocenters. The summed E-state index contributed by atoms with van der Waals surface area (Å²) in [5, 5.41) is 24.2. The molecule has 1 aliphatic carbocycles. The molecule has 0 radical (unpaired) electrons. The number of hydrogen-bond acceptors (Lipinski definition) is 6. The topological polar surface area (TPSA) is 127 Å². The van der Waals surface area contributed by atoms with E-state index in [1.54, 1.807) is 12.1 Å². The van der Waals surface area contributed by atoms with E-state index < -0.39 is 46.0 Å². The molecule has 5 unspecified atom stereocenters. The molecular formula is C29H30N4O6S. The van der Waals surface area contributed by atoms with E-state index in [9.17, 15) is 28.2 Å². The Bertz CT molecular complexity index is 1740. The van der Waals surface area contributed by atoms with E-state index in [-0.39, 0.29) is 16.5 Å². The Kier molecular flexibility index (Phi) is 5.47. The van der Waals surface area contributed by atoms with Gasteiger partial charge >= 0.3 is 0 Å². The number of hydrogen-bond donors (Lipinski definition) is 1. The van der Waals surface area contributed by atoms with Gasteiger partial charge in [0.05, 0.1) is 59.9 Å². The Morgan fingerprint density at radius 2 is 2.02 bits per heavy atom. The Labute approximate surface area is 231 Å². The molecule has 0 spiro atoms. The highest BCUT2D eigenvalue weighted by Crippen LogP contribution is 2.55. The van der Waals surface area contributed by atoms with E-state index >= 15 is 0 Å². The third-order valence-corrected chi connectivity index (χ3v) is 11.0. The van der Waals surface area contributed by atoms with Gasteiger partial charge in [-0.05, 0) is 48.4 Å². The smallest absolute Gasteiger partial charge is 0.265 e. The molecule has 1 N–H and O–H groups in total. The van der Waals surface area contributed by atoms with Crippen molar-refractivity contribution < 1.29 is 32.8 Å². The summed E-state index contributed by atoms with van der Waals surface area (Å²) in [4.78, 5) is 26.8. The molecule has 3 aliphatic heterocycles. The Morgan fingerprint density at radius 3 is 2.73 bits per heavy atom. The van der Waals surface area contributed by atoms with E-state index in [0.29, 0.717) is 42.3 Å². The normalized spacial score (nSPS) is 27.1. The number of carboxylic acids is 1. The lowest BCUT2D eigenvalue weighted by atomic mass is 9.71. The Hall–Kier alpha value is -3.70. The largest absolute Gasteiger partial charge is 0.543 e. The number of carboxylic acid groups (broad SMARTS) is 1. The van der Waals surface area contributed by atoms with E-state index in [4.69, 9.17) is 0 Å². The molecule has 4 aliphatic rings. The van der Waals surface area contributed by atoms with E-state index in [2.05, 4.69) is 4.57 Å². The van der Waals surface area contributed by atoms with E-state index in [1.807, 2.05) is 48.5 Å². The Morgan fingerprint density at radius 1 is 1.23 bits per heavy atom. The monoisotopic (exact) mass is 562 g/mol. The third kappa shape index (κ3) is 3.30. The molecule has 208 valence electrons. The molecule has 7 rings (SSSR count). The molecule has 1 saturated carbocycles. The van der Waals surface area contributed by atoms with Crippen molar-refractivity contribution in [2.75, 3.05) is 4.31 Å². The van der Waals surface area contributed by atoms with Crippen LogP contribution in [0.25, 0.3) is 10.8 Å². The number of aliphatic carboxylic acids is 1. The SMILES string of the molecule is CC(O)C1C(=O)N2C(C(=O)[O-])=C3C(CCCC3N3c4cccc5c(CCn6cc[n+](C)c6)ccc(c45)S3(=O)=O)C12. The second-order valence-electron chi connectivity index (χ2n) is 11.4. The first-order chi connectivity index (χ1) is 19.1. The summed E-state index contributed by atoms with van der Waals surface area (Å²) < 4.78 is 33.7. The minimum atomic E-state index is -4.00. The van der Waals surface area contributed by atoms with Gasteiger partial charge in [0.1, 0.15) is 12.4 Å². The fourth-order valence-corrected chi connectivity index (χ4v) is 9.47. The van der Waals surface area contributed by atoms with Crippen LogP contribution in [0.5, 0.6) is 0 Å². The molecular weight excluding hydrogens is 532 g/mol. The minimum absolute atomic E-state index is 0.214. The number of fused-ring (bicyclic) bond motifs is 3. The highest BCUT2D eigenvalue weighted by molar-refractivity contribution is 7.93. The average Bonchev–Trinajstić information content (AvgIpc) is 3.52. The first-order valence-electron chi connectivity index (χ1n) is 13.7. The zero-order valence-corrected chi connectivity index (χ0v) is 23.0. The van der Waals surface area contributed by atoms with Crippen LogP contribution in [0.4, 0.5) is 5.69 Å². The minimum Gasteiger partial charge on any atom is -0.543 e.